The lowest BCUT2D eigenvalue weighted by Crippen LogP contribution is -2.44. The second-order valence-electron chi connectivity index (χ2n) is 6.11. The molecule has 3 nitrogen and oxygen atoms in total. The first-order valence-electron chi connectivity index (χ1n) is 7.41. The summed E-state index contributed by atoms with van der Waals surface area (Å²) in [6, 6.07) is 0.518. The molecule has 0 aromatic carbocycles. The summed E-state index contributed by atoms with van der Waals surface area (Å²) >= 11 is 1.76. The van der Waals surface area contributed by atoms with Gasteiger partial charge in [-0.2, -0.15) is 0 Å². The zero-order chi connectivity index (χ0) is 13.8. The van der Waals surface area contributed by atoms with E-state index in [0.717, 1.165) is 24.9 Å². The van der Waals surface area contributed by atoms with Crippen molar-refractivity contribution in [2.24, 2.45) is 17.6 Å². The van der Waals surface area contributed by atoms with Crippen LogP contribution in [0, 0.1) is 18.8 Å². The van der Waals surface area contributed by atoms with Gasteiger partial charge in [0.1, 0.15) is 0 Å². The first-order chi connectivity index (χ1) is 9.11. The molecule has 1 aromatic heterocycles. The lowest BCUT2D eigenvalue weighted by molar-refractivity contribution is 0.126. The molecule has 19 heavy (non-hydrogen) atoms. The summed E-state index contributed by atoms with van der Waals surface area (Å²) in [7, 11) is 2.22. The molecule has 1 saturated carbocycles. The van der Waals surface area contributed by atoms with Gasteiger partial charge in [-0.15, -0.1) is 11.3 Å². The summed E-state index contributed by atoms with van der Waals surface area (Å²) in [4.78, 5) is 8.17. The summed E-state index contributed by atoms with van der Waals surface area (Å²) in [5.74, 6) is 1.64. The first kappa shape index (κ1) is 14.9. The molecule has 2 N–H and O–H groups in total. The number of nitrogens with zero attached hydrogens (tertiary/aromatic N) is 2. The van der Waals surface area contributed by atoms with E-state index in [4.69, 9.17) is 5.73 Å². The van der Waals surface area contributed by atoms with Crippen LogP contribution in [0.15, 0.2) is 5.51 Å². The standard InChI is InChI=1S/C15H27N3S/c1-11-5-4-6-13(7-11)14(8-16)18(3)9-15-12(2)17-10-19-15/h10-11,13-14H,4-9,16H2,1-3H3. The van der Waals surface area contributed by atoms with Gasteiger partial charge in [0.15, 0.2) is 0 Å². The van der Waals surface area contributed by atoms with E-state index in [1.807, 2.05) is 5.51 Å². The monoisotopic (exact) mass is 281 g/mol. The molecule has 0 bridgehead atoms. The predicted octanol–water partition coefficient (Wildman–Crippen LogP) is 3.04. The highest BCUT2D eigenvalue weighted by Gasteiger charge is 2.28. The van der Waals surface area contributed by atoms with Gasteiger partial charge in [-0.25, -0.2) is 4.98 Å². The lowest BCUT2D eigenvalue weighted by atomic mass is 9.78. The number of hydrogen-bond acceptors (Lipinski definition) is 4. The summed E-state index contributed by atoms with van der Waals surface area (Å²) in [5, 5.41) is 0. The van der Waals surface area contributed by atoms with Crippen molar-refractivity contribution in [2.75, 3.05) is 13.6 Å². The highest BCUT2D eigenvalue weighted by molar-refractivity contribution is 7.09. The van der Waals surface area contributed by atoms with Crippen molar-refractivity contribution >= 4 is 11.3 Å². The maximum absolute atomic E-state index is 6.06. The zero-order valence-electron chi connectivity index (χ0n) is 12.4. The molecule has 0 radical (unpaired) electrons. The SMILES string of the molecule is Cc1ncsc1CN(C)C(CN)C1CCCC(C)C1. The molecule has 1 heterocycles. The lowest BCUT2D eigenvalue weighted by Gasteiger charge is -2.37. The van der Waals surface area contributed by atoms with Crippen LogP contribution in [-0.4, -0.2) is 29.5 Å². The van der Waals surface area contributed by atoms with Crippen molar-refractivity contribution < 1.29 is 0 Å². The van der Waals surface area contributed by atoms with Crippen molar-refractivity contribution in [3.8, 4) is 0 Å². The second-order valence-corrected chi connectivity index (χ2v) is 7.05. The van der Waals surface area contributed by atoms with Crippen LogP contribution in [0.2, 0.25) is 0 Å². The minimum absolute atomic E-state index is 0.518. The Kier molecular flexibility index (Phi) is 5.37. The largest absolute Gasteiger partial charge is 0.329 e. The van der Waals surface area contributed by atoms with Gasteiger partial charge in [-0.3, -0.25) is 4.90 Å². The van der Waals surface area contributed by atoms with E-state index in [1.165, 1.54) is 36.3 Å². The Balaban J connectivity index is 1.98. The van der Waals surface area contributed by atoms with Gasteiger partial charge in [-0.1, -0.05) is 19.8 Å². The third-order valence-corrected chi connectivity index (χ3v) is 5.49. The molecule has 3 atom stereocenters. The van der Waals surface area contributed by atoms with E-state index in [1.54, 1.807) is 11.3 Å². The highest BCUT2D eigenvalue weighted by atomic mass is 32.1. The molecule has 0 saturated heterocycles. The third kappa shape index (κ3) is 3.77. The van der Waals surface area contributed by atoms with Gasteiger partial charge in [-0.05, 0) is 38.6 Å². The van der Waals surface area contributed by atoms with Crippen molar-refractivity contribution in [3.05, 3.63) is 16.1 Å². The Morgan fingerprint density at radius 1 is 1.53 bits per heavy atom. The topological polar surface area (TPSA) is 42.2 Å². The van der Waals surface area contributed by atoms with Gasteiger partial charge in [0.25, 0.3) is 0 Å². The summed E-state index contributed by atoms with van der Waals surface area (Å²) in [6.07, 6.45) is 5.45. The van der Waals surface area contributed by atoms with Crippen LogP contribution >= 0.6 is 11.3 Å². The average molecular weight is 281 g/mol. The number of aryl methyl sites for hydroxylation is 1. The zero-order valence-corrected chi connectivity index (χ0v) is 13.2. The maximum Gasteiger partial charge on any atom is 0.0798 e. The molecule has 1 aliphatic rings. The van der Waals surface area contributed by atoms with Crippen molar-refractivity contribution in [3.63, 3.8) is 0 Å². The van der Waals surface area contributed by atoms with E-state index in [9.17, 15) is 0 Å². The quantitative estimate of drug-likeness (QED) is 0.902. The number of thiazole rings is 1. The maximum atomic E-state index is 6.06. The number of likely N-dealkylation sites (N-methyl/N-ethyl adjacent to an activating group) is 1. The molecule has 3 unspecified atom stereocenters. The molecular formula is C15H27N3S. The van der Waals surface area contributed by atoms with Gasteiger partial charge >= 0.3 is 0 Å². The Morgan fingerprint density at radius 3 is 2.89 bits per heavy atom. The fourth-order valence-corrected chi connectivity index (χ4v) is 4.22. The second kappa shape index (κ2) is 6.82. The fourth-order valence-electron chi connectivity index (χ4n) is 3.38. The molecular weight excluding hydrogens is 254 g/mol. The Morgan fingerprint density at radius 2 is 2.32 bits per heavy atom. The minimum Gasteiger partial charge on any atom is -0.329 e. The first-order valence-corrected chi connectivity index (χ1v) is 8.29. The average Bonchev–Trinajstić information content (AvgIpc) is 2.76. The van der Waals surface area contributed by atoms with Crippen LogP contribution in [0.3, 0.4) is 0 Å². The van der Waals surface area contributed by atoms with E-state index in [2.05, 4.69) is 30.8 Å². The number of aromatic nitrogens is 1. The van der Waals surface area contributed by atoms with Crippen LogP contribution < -0.4 is 5.73 Å². The van der Waals surface area contributed by atoms with Gasteiger partial charge in [0.05, 0.1) is 11.2 Å². The van der Waals surface area contributed by atoms with Gasteiger partial charge in [0, 0.05) is 24.0 Å². The van der Waals surface area contributed by atoms with Crippen molar-refractivity contribution in [1.82, 2.24) is 9.88 Å². The summed E-state index contributed by atoms with van der Waals surface area (Å²) in [6.45, 7) is 6.24. The normalized spacial score (nSPS) is 25.7. The molecule has 0 amide bonds. The minimum atomic E-state index is 0.518. The number of nitrogens with two attached hydrogens (primary N) is 1. The third-order valence-electron chi connectivity index (χ3n) is 4.57. The van der Waals surface area contributed by atoms with Crippen LogP contribution in [-0.2, 0) is 6.54 Å². The molecule has 1 aromatic rings. The van der Waals surface area contributed by atoms with E-state index < -0.39 is 0 Å². The summed E-state index contributed by atoms with van der Waals surface area (Å²) < 4.78 is 0. The van der Waals surface area contributed by atoms with Crippen LogP contribution in [0.4, 0.5) is 0 Å². The van der Waals surface area contributed by atoms with E-state index in [0.29, 0.717) is 6.04 Å². The van der Waals surface area contributed by atoms with Crippen LogP contribution in [0.5, 0.6) is 0 Å². The molecule has 4 heteroatoms. The molecule has 2 rings (SSSR count). The number of rotatable bonds is 5. The van der Waals surface area contributed by atoms with Gasteiger partial charge in [0.2, 0.25) is 0 Å². The van der Waals surface area contributed by atoms with Crippen LogP contribution in [0.1, 0.15) is 43.2 Å². The highest BCUT2D eigenvalue weighted by Crippen LogP contribution is 2.32. The van der Waals surface area contributed by atoms with Gasteiger partial charge < -0.3 is 5.73 Å². The van der Waals surface area contributed by atoms with E-state index >= 15 is 0 Å². The summed E-state index contributed by atoms with van der Waals surface area (Å²) in [5.41, 5.74) is 9.18. The Labute approximate surface area is 121 Å². The van der Waals surface area contributed by atoms with Crippen LogP contribution in [0.25, 0.3) is 0 Å². The van der Waals surface area contributed by atoms with Crippen molar-refractivity contribution in [1.29, 1.82) is 0 Å². The molecule has 1 aliphatic carbocycles. The fraction of sp³-hybridized carbons (Fsp3) is 0.800. The molecule has 0 spiro atoms. The molecule has 1 fully saturated rings. The predicted molar refractivity (Wildman–Crippen MR) is 82.3 cm³/mol. The van der Waals surface area contributed by atoms with Crippen molar-refractivity contribution in [2.45, 2.75) is 52.1 Å². The number of hydrogen-bond donors (Lipinski definition) is 1. The Hall–Kier alpha value is -0.450. The smallest absolute Gasteiger partial charge is 0.0798 e. The van der Waals surface area contributed by atoms with E-state index in [-0.39, 0.29) is 0 Å². The molecule has 0 aliphatic heterocycles. The Bertz CT molecular complexity index is 390. The molecule has 108 valence electrons.